The zero-order valence-electron chi connectivity index (χ0n) is 9.75. The van der Waals surface area contributed by atoms with Gasteiger partial charge in [-0.1, -0.05) is 43.4 Å². The van der Waals surface area contributed by atoms with E-state index in [2.05, 4.69) is 0 Å². The molecule has 1 saturated heterocycles. The summed E-state index contributed by atoms with van der Waals surface area (Å²) in [5, 5.41) is 0. The van der Waals surface area contributed by atoms with Gasteiger partial charge in [0, 0.05) is 24.8 Å². The molecule has 0 aromatic rings. The number of alkyl halides is 1. The Labute approximate surface area is 109 Å². The standard InChI is InChI=1S/C11H16INO3/c1-11(2,3)8(14)4-5-13-9(15)6-7(12)10(13)16/h7H,4-6H2,1-3H3. The number of nitrogens with zero attached hydrogens (tertiary/aromatic N) is 1. The third kappa shape index (κ3) is 3.02. The van der Waals surface area contributed by atoms with Gasteiger partial charge in [0.05, 0.1) is 3.92 Å². The lowest BCUT2D eigenvalue weighted by Crippen LogP contribution is -2.34. The van der Waals surface area contributed by atoms with Gasteiger partial charge in [-0.15, -0.1) is 0 Å². The van der Waals surface area contributed by atoms with Crippen molar-refractivity contribution >= 4 is 40.2 Å². The van der Waals surface area contributed by atoms with Crippen molar-refractivity contribution in [2.24, 2.45) is 5.41 Å². The Balaban J connectivity index is 2.54. The summed E-state index contributed by atoms with van der Waals surface area (Å²) in [5.74, 6) is -0.247. The van der Waals surface area contributed by atoms with Crippen molar-refractivity contribution in [2.75, 3.05) is 6.54 Å². The topological polar surface area (TPSA) is 54.5 Å². The smallest absolute Gasteiger partial charge is 0.242 e. The first-order chi connectivity index (χ1) is 7.23. The molecule has 90 valence electrons. The second kappa shape index (κ2) is 4.81. The molecular formula is C11H16INO3. The van der Waals surface area contributed by atoms with Crippen LogP contribution in [0.15, 0.2) is 0 Å². The Hall–Kier alpha value is -0.460. The molecule has 2 amide bonds. The molecule has 0 aromatic carbocycles. The summed E-state index contributed by atoms with van der Waals surface area (Å²) in [4.78, 5) is 35.9. The van der Waals surface area contributed by atoms with Crippen molar-refractivity contribution in [2.45, 2.75) is 37.5 Å². The number of halogens is 1. The number of hydrogen-bond donors (Lipinski definition) is 0. The molecule has 0 radical (unpaired) electrons. The minimum Gasteiger partial charge on any atom is -0.299 e. The molecule has 0 N–H and O–H groups in total. The summed E-state index contributed by atoms with van der Waals surface area (Å²) >= 11 is 1.96. The van der Waals surface area contributed by atoms with Crippen LogP contribution in [0.4, 0.5) is 0 Å². The third-order valence-corrected chi connectivity index (χ3v) is 3.56. The Morgan fingerprint density at radius 1 is 1.44 bits per heavy atom. The molecule has 4 nitrogen and oxygen atoms in total. The second-order valence-electron chi connectivity index (χ2n) is 4.98. The molecule has 16 heavy (non-hydrogen) atoms. The predicted molar refractivity (Wildman–Crippen MR) is 68.2 cm³/mol. The first-order valence-electron chi connectivity index (χ1n) is 5.25. The average Bonchev–Trinajstić information content (AvgIpc) is 2.37. The first-order valence-corrected chi connectivity index (χ1v) is 6.49. The highest BCUT2D eigenvalue weighted by Crippen LogP contribution is 2.22. The monoisotopic (exact) mass is 337 g/mol. The molecule has 0 bridgehead atoms. The number of Topliss-reactive ketones (excluding diaryl/α,β-unsaturated/α-hetero) is 1. The maximum absolute atomic E-state index is 11.7. The first kappa shape index (κ1) is 13.6. The maximum atomic E-state index is 11.7. The molecule has 1 atom stereocenters. The molecule has 5 heteroatoms. The zero-order chi connectivity index (χ0) is 12.5. The molecule has 1 fully saturated rings. The second-order valence-corrected chi connectivity index (χ2v) is 6.48. The van der Waals surface area contributed by atoms with Gasteiger partial charge in [-0.3, -0.25) is 19.3 Å². The van der Waals surface area contributed by atoms with E-state index in [1.54, 1.807) is 0 Å². The summed E-state index contributed by atoms with van der Waals surface area (Å²) in [5.41, 5.74) is -0.407. The van der Waals surface area contributed by atoms with E-state index in [1.165, 1.54) is 4.90 Å². The number of amides is 2. The third-order valence-electron chi connectivity index (χ3n) is 2.59. The van der Waals surface area contributed by atoms with Crippen molar-refractivity contribution in [3.63, 3.8) is 0 Å². The number of rotatable bonds is 3. The SMILES string of the molecule is CC(C)(C)C(=O)CCN1C(=O)CC(I)C1=O. The normalized spacial score (nSPS) is 21.8. The van der Waals surface area contributed by atoms with E-state index in [0.29, 0.717) is 0 Å². The van der Waals surface area contributed by atoms with Gasteiger partial charge >= 0.3 is 0 Å². The molecule has 0 aromatic heterocycles. The molecule has 1 heterocycles. The van der Waals surface area contributed by atoms with Crippen LogP contribution in [0.1, 0.15) is 33.6 Å². The van der Waals surface area contributed by atoms with E-state index >= 15 is 0 Å². The number of hydrogen-bond acceptors (Lipinski definition) is 3. The van der Waals surface area contributed by atoms with E-state index in [0.717, 1.165) is 0 Å². The Morgan fingerprint density at radius 3 is 2.38 bits per heavy atom. The van der Waals surface area contributed by atoms with Crippen LogP contribution in [0.2, 0.25) is 0 Å². The van der Waals surface area contributed by atoms with Crippen LogP contribution in [0.25, 0.3) is 0 Å². The fourth-order valence-corrected chi connectivity index (χ4v) is 2.18. The van der Waals surface area contributed by atoms with E-state index in [9.17, 15) is 14.4 Å². The summed E-state index contributed by atoms with van der Waals surface area (Å²) in [6.07, 6.45) is 0.521. The molecule has 1 unspecified atom stereocenters. The van der Waals surface area contributed by atoms with Crippen LogP contribution in [-0.2, 0) is 14.4 Å². The van der Waals surface area contributed by atoms with Crippen LogP contribution >= 0.6 is 22.6 Å². The molecule has 0 aliphatic carbocycles. The highest BCUT2D eigenvalue weighted by Gasteiger charge is 2.37. The Kier molecular flexibility index (Phi) is 4.09. The quantitative estimate of drug-likeness (QED) is 0.446. The van der Waals surface area contributed by atoms with Crippen LogP contribution in [0.3, 0.4) is 0 Å². The van der Waals surface area contributed by atoms with Crippen molar-refractivity contribution in [1.82, 2.24) is 4.90 Å². The van der Waals surface area contributed by atoms with Gasteiger partial charge < -0.3 is 0 Å². The molecule has 0 spiro atoms. The lowest BCUT2D eigenvalue weighted by Gasteiger charge is -2.19. The van der Waals surface area contributed by atoms with E-state index in [-0.39, 0.29) is 40.9 Å². The summed E-state index contributed by atoms with van der Waals surface area (Å²) in [7, 11) is 0. The molecule has 1 rings (SSSR count). The zero-order valence-corrected chi connectivity index (χ0v) is 11.9. The van der Waals surface area contributed by atoms with Crippen molar-refractivity contribution in [3.05, 3.63) is 0 Å². The van der Waals surface area contributed by atoms with Gasteiger partial charge in [0.15, 0.2) is 0 Å². The summed E-state index contributed by atoms with van der Waals surface area (Å²) < 4.78 is -0.255. The van der Waals surface area contributed by atoms with Gasteiger partial charge in [0.1, 0.15) is 5.78 Å². The Morgan fingerprint density at radius 2 is 2.00 bits per heavy atom. The minimum atomic E-state index is -0.407. The molecule has 1 aliphatic rings. The van der Waals surface area contributed by atoms with Gasteiger partial charge in [-0.25, -0.2) is 0 Å². The maximum Gasteiger partial charge on any atom is 0.242 e. The number of imide groups is 1. The van der Waals surface area contributed by atoms with E-state index in [1.807, 2.05) is 43.4 Å². The van der Waals surface area contributed by atoms with Crippen LogP contribution in [0, 0.1) is 5.41 Å². The van der Waals surface area contributed by atoms with Gasteiger partial charge in [-0.05, 0) is 0 Å². The predicted octanol–water partition coefficient (Wildman–Crippen LogP) is 1.55. The lowest BCUT2D eigenvalue weighted by atomic mass is 9.89. The molecule has 1 aliphatic heterocycles. The van der Waals surface area contributed by atoms with Gasteiger partial charge in [-0.2, -0.15) is 0 Å². The van der Waals surface area contributed by atoms with Crippen LogP contribution < -0.4 is 0 Å². The highest BCUT2D eigenvalue weighted by molar-refractivity contribution is 14.1. The number of ketones is 1. The van der Waals surface area contributed by atoms with Crippen LogP contribution in [0.5, 0.6) is 0 Å². The number of carbonyl (C=O) groups excluding carboxylic acids is 3. The Bertz CT molecular complexity index is 333. The fourth-order valence-electron chi connectivity index (χ4n) is 1.47. The summed E-state index contributed by atoms with van der Waals surface area (Å²) in [6.45, 7) is 5.74. The largest absolute Gasteiger partial charge is 0.299 e. The fraction of sp³-hybridized carbons (Fsp3) is 0.727. The van der Waals surface area contributed by atoms with Crippen molar-refractivity contribution in [1.29, 1.82) is 0 Å². The number of likely N-dealkylation sites (tertiary alicyclic amines) is 1. The minimum absolute atomic E-state index is 0.0741. The van der Waals surface area contributed by atoms with Crippen LogP contribution in [-0.4, -0.2) is 33.0 Å². The highest BCUT2D eigenvalue weighted by atomic mass is 127. The van der Waals surface area contributed by atoms with Gasteiger partial charge in [0.2, 0.25) is 11.8 Å². The lowest BCUT2D eigenvalue weighted by molar-refractivity contribution is -0.138. The molecule has 0 saturated carbocycles. The van der Waals surface area contributed by atoms with E-state index in [4.69, 9.17) is 0 Å². The average molecular weight is 337 g/mol. The van der Waals surface area contributed by atoms with Gasteiger partial charge in [0.25, 0.3) is 0 Å². The van der Waals surface area contributed by atoms with Crippen molar-refractivity contribution in [3.8, 4) is 0 Å². The van der Waals surface area contributed by atoms with Crippen molar-refractivity contribution < 1.29 is 14.4 Å². The van der Waals surface area contributed by atoms with E-state index < -0.39 is 5.41 Å². The number of carbonyl (C=O) groups is 3. The molecular weight excluding hydrogens is 321 g/mol. The summed E-state index contributed by atoms with van der Waals surface area (Å²) in [6, 6.07) is 0.